The fraction of sp³-hybridized carbons (Fsp3) is 0.647. The van der Waals surface area contributed by atoms with Crippen LogP contribution in [-0.4, -0.2) is 41.1 Å². The molecular formula is C17H24N2O2. The number of ether oxygens (including phenoxy) is 1. The van der Waals surface area contributed by atoms with E-state index in [1.807, 2.05) is 23.1 Å². The molecule has 0 N–H and O–H groups in total. The van der Waals surface area contributed by atoms with Crippen LogP contribution >= 0.6 is 0 Å². The van der Waals surface area contributed by atoms with Gasteiger partial charge in [0.15, 0.2) is 0 Å². The molecule has 114 valence electrons. The highest BCUT2D eigenvalue weighted by atomic mass is 16.5. The Balaban J connectivity index is 1.61. The number of hydrogen-bond acceptors (Lipinski definition) is 3. The van der Waals surface area contributed by atoms with Gasteiger partial charge < -0.3 is 9.64 Å². The lowest BCUT2D eigenvalue weighted by Crippen LogP contribution is -2.41. The van der Waals surface area contributed by atoms with Gasteiger partial charge in [0.2, 0.25) is 5.91 Å². The summed E-state index contributed by atoms with van der Waals surface area (Å²) in [6.07, 6.45) is 4.68. The summed E-state index contributed by atoms with van der Waals surface area (Å²) in [5.41, 5.74) is 0.852. The molecule has 1 aliphatic carbocycles. The fourth-order valence-corrected chi connectivity index (χ4v) is 3.54. The second kappa shape index (κ2) is 6.14. The predicted octanol–water partition coefficient (Wildman–Crippen LogP) is 2.29. The van der Waals surface area contributed by atoms with Crippen LogP contribution in [0.2, 0.25) is 0 Å². The van der Waals surface area contributed by atoms with Crippen molar-refractivity contribution < 1.29 is 9.53 Å². The van der Waals surface area contributed by atoms with Crippen LogP contribution in [0, 0.1) is 11.8 Å². The summed E-state index contributed by atoms with van der Waals surface area (Å²) in [5, 5.41) is 0. The number of carbonyl (C=O) groups is 1. The summed E-state index contributed by atoms with van der Waals surface area (Å²) < 4.78 is 6.07. The van der Waals surface area contributed by atoms with Crippen molar-refractivity contribution in [3.8, 4) is 0 Å². The summed E-state index contributed by atoms with van der Waals surface area (Å²) in [4.78, 5) is 18.8. The lowest BCUT2D eigenvalue weighted by Gasteiger charge is -2.27. The van der Waals surface area contributed by atoms with Crippen LogP contribution in [0.3, 0.4) is 0 Å². The van der Waals surface area contributed by atoms with Crippen LogP contribution in [-0.2, 0) is 16.0 Å². The van der Waals surface area contributed by atoms with Gasteiger partial charge >= 0.3 is 0 Å². The molecule has 1 aromatic rings. The molecule has 21 heavy (non-hydrogen) atoms. The van der Waals surface area contributed by atoms with Crippen molar-refractivity contribution in [1.82, 2.24) is 9.88 Å². The average molecular weight is 288 g/mol. The smallest absolute Gasteiger partial charge is 0.228 e. The van der Waals surface area contributed by atoms with Crippen molar-refractivity contribution in [3.05, 3.63) is 30.1 Å². The number of hydrogen-bond donors (Lipinski definition) is 0. The zero-order valence-corrected chi connectivity index (χ0v) is 12.9. The second-order valence-corrected chi connectivity index (χ2v) is 6.64. The molecule has 2 heterocycles. The standard InChI is InChI=1S/C17H24N2O2/c1-12(2)11-21-17-13-6-7-15(17)19(10-13)16(20)9-14-5-3-4-8-18-14/h3-5,8,12-13,15,17H,6-7,9-11H2,1-2H3/t13-,15+,17+/m0/s1. The summed E-state index contributed by atoms with van der Waals surface area (Å²) >= 11 is 0. The second-order valence-electron chi connectivity index (χ2n) is 6.64. The maximum atomic E-state index is 12.5. The highest BCUT2D eigenvalue weighted by Crippen LogP contribution is 2.40. The van der Waals surface area contributed by atoms with Gasteiger partial charge in [0, 0.05) is 31.0 Å². The Morgan fingerprint density at radius 3 is 3.00 bits per heavy atom. The van der Waals surface area contributed by atoms with Gasteiger partial charge in [-0.3, -0.25) is 9.78 Å². The molecule has 1 aromatic heterocycles. The van der Waals surface area contributed by atoms with E-state index in [0.29, 0.717) is 18.3 Å². The van der Waals surface area contributed by atoms with E-state index in [4.69, 9.17) is 4.74 Å². The van der Waals surface area contributed by atoms with Crippen LogP contribution in [0.25, 0.3) is 0 Å². The molecule has 2 bridgehead atoms. The quantitative estimate of drug-likeness (QED) is 0.835. The summed E-state index contributed by atoms with van der Waals surface area (Å²) in [7, 11) is 0. The minimum atomic E-state index is 0.194. The van der Waals surface area contributed by atoms with Crippen molar-refractivity contribution in [2.75, 3.05) is 13.2 Å². The molecule has 0 unspecified atom stereocenters. The monoisotopic (exact) mass is 288 g/mol. The first-order valence-corrected chi connectivity index (χ1v) is 7.96. The molecule has 2 aliphatic rings. The Morgan fingerprint density at radius 2 is 2.29 bits per heavy atom. The van der Waals surface area contributed by atoms with Crippen LogP contribution < -0.4 is 0 Å². The van der Waals surface area contributed by atoms with E-state index in [0.717, 1.165) is 25.3 Å². The van der Waals surface area contributed by atoms with E-state index >= 15 is 0 Å². The molecule has 2 fully saturated rings. The Bertz CT molecular complexity index is 489. The van der Waals surface area contributed by atoms with Crippen LogP contribution in [0.4, 0.5) is 0 Å². The highest BCUT2D eigenvalue weighted by molar-refractivity contribution is 5.79. The van der Waals surface area contributed by atoms with E-state index in [-0.39, 0.29) is 18.1 Å². The van der Waals surface area contributed by atoms with Gasteiger partial charge in [-0.05, 0) is 30.9 Å². The van der Waals surface area contributed by atoms with Crippen LogP contribution in [0.5, 0.6) is 0 Å². The minimum Gasteiger partial charge on any atom is -0.375 e. The normalized spacial score (nSPS) is 27.6. The Morgan fingerprint density at radius 1 is 1.43 bits per heavy atom. The Labute approximate surface area is 126 Å². The number of fused-ring (bicyclic) bond motifs is 2. The average Bonchev–Trinajstić information content (AvgIpc) is 3.03. The van der Waals surface area contributed by atoms with Crippen molar-refractivity contribution in [2.45, 2.75) is 45.3 Å². The van der Waals surface area contributed by atoms with Gasteiger partial charge in [-0.1, -0.05) is 19.9 Å². The zero-order valence-electron chi connectivity index (χ0n) is 12.9. The molecule has 1 aliphatic heterocycles. The van der Waals surface area contributed by atoms with Crippen molar-refractivity contribution in [2.24, 2.45) is 11.8 Å². The van der Waals surface area contributed by atoms with E-state index in [1.54, 1.807) is 6.20 Å². The van der Waals surface area contributed by atoms with Crippen LogP contribution in [0.1, 0.15) is 32.4 Å². The number of aromatic nitrogens is 1. The lowest BCUT2D eigenvalue weighted by molar-refractivity contribution is -0.133. The van der Waals surface area contributed by atoms with E-state index in [9.17, 15) is 4.79 Å². The lowest BCUT2D eigenvalue weighted by atomic mass is 10.1. The summed E-state index contributed by atoms with van der Waals surface area (Å²) in [6.45, 7) is 5.99. The van der Waals surface area contributed by atoms with E-state index < -0.39 is 0 Å². The molecule has 0 radical (unpaired) electrons. The first-order chi connectivity index (χ1) is 10.1. The van der Waals surface area contributed by atoms with Gasteiger partial charge in [-0.15, -0.1) is 0 Å². The third-order valence-electron chi connectivity index (χ3n) is 4.51. The molecule has 1 saturated heterocycles. The van der Waals surface area contributed by atoms with Crippen LogP contribution in [0.15, 0.2) is 24.4 Å². The Hall–Kier alpha value is -1.42. The van der Waals surface area contributed by atoms with Gasteiger partial charge in [-0.2, -0.15) is 0 Å². The number of nitrogens with zero attached hydrogens (tertiary/aromatic N) is 2. The summed E-state index contributed by atoms with van der Waals surface area (Å²) in [6, 6.07) is 6.01. The zero-order chi connectivity index (χ0) is 14.8. The first kappa shape index (κ1) is 14.5. The largest absolute Gasteiger partial charge is 0.375 e. The molecule has 1 saturated carbocycles. The number of amides is 1. The minimum absolute atomic E-state index is 0.194. The maximum Gasteiger partial charge on any atom is 0.228 e. The molecule has 3 atom stereocenters. The van der Waals surface area contributed by atoms with E-state index in [2.05, 4.69) is 18.8 Å². The fourth-order valence-electron chi connectivity index (χ4n) is 3.54. The molecule has 3 rings (SSSR count). The molecule has 1 amide bonds. The number of rotatable bonds is 5. The van der Waals surface area contributed by atoms with E-state index in [1.165, 1.54) is 6.42 Å². The third kappa shape index (κ3) is 3.10. The number of piperidine rings is 1. The summed E-state index contributed by atoms with van der Waals surface area (Å²) in [5.74, 6) is 1.27. The van der Waals surface area contributed by atoms with Gasteiger partial charge in [0.25, 0.3) is 0 Å². The molecule has 0 spiro atoms. The number of likely N-dealkylation sites (tertiary alicyclic amines) is 1. The molecule has 0 aromatic carbocycles. The molecule has 4 heteroatoms. The maximum absolute atomic E-state index is 12.5. The van der Waals surface area contributed by atoms with Gasteiger partial charge in [0.05, 0.1) is 18.6 Å². The predicted molar refractivity (Wildman–Crippen MR) is 80.7 cm³/mol. The number of carbonyl (C=O) groups excluding carboxylic acids is 1. The highest BCUT2D eigenvalue weighted by Gasteiger charge is 2.49. The first-order valence-electron chi connectivity index (χ1n) is 7.96. The third-order valence-corrected chi connectivity index (χ3v) is 4.51. The van der Waals surface area contributed by atoms with Gasteiger partial charge in [-0.25, -0.2) is 0 Å². The topological polar surface area (TPSA) is 42.4 Å². The van der Waals surface area contributed by atoms with Crippen molar-refractivity contribution in [1.29, 1.82) is 0 Å². The molecular weight excluding hydrogens is 264 g/mol. The van der Waals surface area contributed by atoms with Crippen molar-refractivity contribution >= 4 is 5.91 Å². The number of pyridine rings is 1. The molecule has 4 nitrogen and oxygen atoms in total. The van der Waals surface area contributed by atoms with Gasteiger partial charge in [0.1, 0.15) is 0 Å². The van der Waals surface area contributed by atoms with Crippen molar-refractivity contribution in [3.63, 3.8) is 0 Å². The Kier molecular flexibility index (Phi) is 4.24. The SMILES string of the molecule is CC(C)CO[C@@H]1[C@H]2CC[C@H]1N(C(=O)Cc1ccccn1)C2.